The highest BCUT2D eigenvalue weighted by atomic mass is 79.9. The molecule has 0 aromatic heterocycles. The molecule has 0 aliphatic carbocycles. The average Bonchev–Trinajstić information content (AvgIpc) is 2.23. The number of carbonyl (C=O) groups excluding carboxylic acids is 1. The summed E-state index contributed by atoms with van der Waals surface area (Å²) in [7, 11) is 1.69. The molecule has 0 spiro atoms. The fraction of sp³-hybridized carbons (Fsp3) is 0.364. The van der Waals surface area contributed by atoms with Gasteiger partial charge in [-0.2, -0.15) is 0 Å². The first-order valence-electron chi connectivity index (χ1n) is 4.82. The highest BCUT2D eigenvalue weighted by Crippen LogP contribution is 2.23. The molecule has 16 heavy (non-hydrogen) atoms. The van der Waals surface area contributed by atoms with Crippen LogP contribution < -0.4 is 10.6 Å². The Bertz CT molecular complexity index is 407. The van der Waals surface area contributed by atoms with Gasteiger partial charge >= 0.3 is 0 Å². The zero-order chi connectivity index (χ0) is 12.3. The molecule has 1 rings (SSSR count). The minimum absolute atomic E-state index is 0.221. The monoisotopic (exact) mass is 288 g/mol. The van der Waals surface area contributed by atoms with Gasteiger partial charge in [-0.25, -0.2) is 4.39 Å². The number of rotatable bonds is 3. The molecule has 0 saturated heterocycles. The van der Waals surface area contributed by atoms with Gasteiger partial charge in [0.15, 0.2) is 0 Å². The first-order chi connectivity index (χ1) is 7.36. The van der Waals surface area contributed by atoms with Crippen molar-refractivity contribution in [2.45, 2.75) is 19.4 Å². The maximum Gasteiger partial charge on any atom is 0.244 e. The molecule has 1 amide bonds. The van der Waals surface area contributed by atoms with Crippen LogP contribution >= 0.6 is 15.9 Å². The fourth-order valence-electron chi connectivity index (χ4n) is 0.985. The van der Waals surface area contributed by atoms with Crippen LogP contribution in [0.5, 0.6) is 0 Å². The lowest BCUT2D eigenvalue weighted by Gasteiger charge is -2.23. The van der Waals surface area contributed by atoms with Crippen LogP contribution in [0, 0.1) is 5.82 Å². The van der Waals surface area contributed by atoms with Gasteiger partial charge in [-0.1, -0.05) is 0 Å². The van der Waals surface area contributed by atoms with Crippen molar-refractivity contribution in [2.24, 2.45) is 0 Å². The van der Waals surface area contributed by atoms with Crippen molar-refractivity contribution < 1.29 is 9.18 Å². The molecular weight excluding hydrogens is 275 g/mol. The number of likely N-dealkylation sites (N-methyl/N-ethyl adjacent to an activating group) is 1. The van der Waals surface area contributed by atoms with Gasteiger partial charge in [0.25, 0.3) is 0 Å². The van der Waals surface area contributed by atoms with Crippen LogP contribution in [0.25, 0.3) is 0 Å². The van der Waals surface area contributed by atoms with E-state index in [0.29, 0.717) is 10.2 Å². The normalized spacial score (nSPS) is 11.3. The van der Waals surface area contributed by atoms with E-state index in [1.54, 1.807) is 27.0 Å². The lowest BCUT2D eigenvalue weighted by atomic mass is 10.1. The summed E-state index contributed by atoms with van der Waals surface area (Å²) in [5.74, 6) is -0.609. The Morgan fingerprint density at radius 2 is 2.06 bits per heavy atom. The molecule has 0 saturated carbocycles. The zero-order valence-corrected chi connectivity index (χ0v) is 11.0. The first kappa shape index (κ1) is 13.1. The van der Waals surface area contributed by atoms with Crippen LogP contribution in [0.4, 0.5) is 10.1 Å². The Hall–Kier alpha value is -0.940. The van der Waals surface area contributed by atoms with Gasteiger partial charge in [0.05, 0.1) is 11.2 Å². The Morgan fingerprint density at radius 1 is 1.44 bits per heavy atom. The Morgan fingerprint density at radius 3 is 2.62 bits per heavy atom. The molecular formula is C11H14BrFN2O. The van der Waals surface area contributed by atoms with Gasteiger partial charge in [-0.05, 0) is 55.0 Å². The molecule has 0 atom stereocenters. The number of amides is 1. The Labute approximate surface area is 103 Å². The third kappa shape index (κ3) is 3.02. The highest BCUT2D eigenvalue weighted by Gasteiger charge is 2.25. The van der Waals surface area contributed by atoms with Crippen molar-refractivity contribution >= 4 is 27.5 Å². The summed E-state index contributed by atoms with van der Waals surface area (Å²) in [5, 5.41) is 5.53. The van der Waals surface area contributed by atoms with Gasteiger partial charge in [-0.3, -0.25) is 4.79 Å². The van der Waals surface area contributed by atoms with Gasteiger partial charge < -0.3 is 10.6 Å². The average molecular weight is 289 g/mol. The first-order valence-corrected chi connectivity index (χ1v) is 5.61. The van der Waals surface area contributed by atoms with E-state index in [2.05, 4.69) is 26.6 Å². The van der Waals surface area contributed by atoms with Crippen LogP contribution in [0.2, 0.25) is 0 Å². The number of hydrogen-bond acceptors (Lipinski definition) is 2. The predicted molar refractivity (Wildman–Crippen MR) is 65.9 cm³/mol. The number of nitrogens with one attached hydrogen (secondary N) is 2. The van der Waals surface area contributed by atoms with Crippen molar-refractivity contribution in [1.29, 1.82) is 0 Å². The van der Waals surface area contributed by atoms with Gasteiger partial charge in [-0.15, -0.1) is 0 Å². The summed E-state index contributed by atoms with van der Waals surface area (Å²) in [4.78, 5) is 11.8. The Balaban J connectivity index is 2.89. The predicted octanol–water partition coefficient (Wildman–Crippen LogP) is 2.52. The standard InChI is InChI=1S/C11H14BrFN2O/c1-11(2,14-3)10(16)15-9-6-7(13)4-5-8(9)12/h4-6,14H,1-3H3,(H,15,16). The zero-order valence-electron chi connectivity index (χ0n) is 9.40. The third-order valence-corrected chi connectivity index (χ3v) is 3.06. The van der Waals surface area contributed by atoms with Crippen molar-refractivity contribution in [3.63, 3.8) is 0 Å². The lowest BCUT2D eigenvalue weighted by Crippen LogP contribution is -2.47. The number of anilines is 1. The molecule has 1 aromatic rings. The van der Waals surface area contributed by atoms with E-state index in [9.17, 15) is 9.18 Å². The van der Waals surface area contributed by atoms with Crippen molar-refractivity contribution in [3.8, 4) is 0 Å². The Kier molecular flexibility index (Phi) is 4.04. The lowest BCUT2D eigenvalue weighted by molar-refractivity contribution is -0.121. The third-order valence-electron chi connectivity index (χ3n) is 2.37. The molecule has 0 heterocycles. The molecule has 2 N–H and O–H groups in total. The van der Waals surface area contributed by atoms with E-state index in [-0.39, 0.29) is 11.7 Å². The summed E-state index contributed by atoms with van der Waals surface area (Å²) in [6, 6.07) is 4.15. The van der Waals surface area contributed by atoms with E-state index in [0.717, 1.165) is 0 Å². The molecule has 5 heteroatoms. The molecule has 88 valence electrons. The summed E-state index contributed by atoms with van der Waals surface area (Å²) in [5.41, 5.74) is -0.278. The van der Waals surface area contributed by atoms with E-state index >= 15 is 0 Å². The second-order valence-corrected chi connectivity index (χ2v) is 4.81. The van der Waals surface area contributed by atoms with E-state index < -0.39 is 5.54 Å². The van der Waals surface area contributed by atoms with Gasteiger partial charge in [0, 0.05) is 4.47 Å². The van der Waals surface area contributed by atoms with Crippen LogP contribution in [0.15, 0.2) is 22.7 Å². The topological polar surface area (TPSA) is 41.1 Å². The largest absolute Gasteiger partial charge is 0.323 e. The minimum Gasteiger partial charge on any atom is -0.323 e. The molecule has 0 aliphatic rings. The molecule has 0 fully saturated rings. The van der Waals surface area contributed by atoms with Gasteiger partial charge in [0.1, 0.15) is 5.82 Å². The molecule has 0 unspecified atom stereocenters. The summed E-state index contributed by atoms with van der Waals surface area (Å²) >= 11 is 3.25. The maximum absolute atomic E-state index is 13.0. The van der Waals surface area contributed by atoms with E-state index in [4.69, 9.17) is 0 Å². The van der Waals surface area contributed by atoms with Crippen LogP contribution in [0.1, 0.15) is 13.8 Å². The van der Waals surface area contributed by atoms with Crippen LogP contribution in [-0.2, 0) is 4.79 Å². The molecule has 0 radical (unpaired) electrons. The summed E-state index contributed by atoms with van der Waals surface area (Å²) in [6.07, 6.45) is 0. The molecule has 3 nitrogen and oxygen atoms in total. The highest BCUT2D eigenvalue weighted by molar-refractivity contribution is 9.10. The second kappa shape index (κ2) is 4.93. The quantitative estimate of drug-likeness (QED) is 0.897. The maximum atomic E-state index is 13.0. The van der Waals surface area contributed by atoms with Crippen molar-refractivity contribution in [2.75, 3.05) is 12.4 Å². The van der Waals surface area contributed by atoms with Crippen molar-refractivity contribution in [3.05, 3.63) is 28.5 Å². The number of hydrogen-bond donors (Lipinski definition) is 2. The number of carbonyl (C=O) groups is 1. The van der Waals surface area contributed by atoms with Crippen LogP contribution in [0.3, 0.4) is 0 Å². The van der Waals surface area contributed by atoms with E-state index in [1.165, 1.54) is 12.1 Å². The van der Waals surface area contributed by atoms with Gasteiger partial charge in [0.2, 0.25) is 5.91 Å². The second-order valence-electron chi connectivity index (χ2n) is 3.95. The molecule has 1 aromatic carbocycles. The van der Waals surface area contributed by atoms with E-state index in [1.807, 2.05) is 0 Å². The molecule has 0 aliphatic heterocycles. The minimum atomic E-state index is -0.703. The summed E-state index contributed by atoms with van der Waals surface area (Å²) < 4.78 is 13.6. The number of halogens is 2. The molecule has 0 bridgehead atoms. The van der Waals surface area contributed by atoms with Crippen LogP contribution in [-0.4, -0.2) is 18.5 Å². The fourth-order valence-corrected chi connectivity index (χ4v) is 1.33. The number of benzene rings is 1. The van der Waals surface area contributed by atoms with Crippen molar-refractivity contribution in [1.82, 2.24) is 5.32 Å². The smallest absolute Gasteiger partial charge is 0.244 e. The SMILES string of the molecule is CNC(C)(C)C(=O)Nc1cc(F)ccc1Br. The summed E-state index contributed by atoms with van der Waals surface area (Å²) in [6.45, 7) is 3.49.